The maximum atomic E-state index is 14.1. The fourth-order valence-corrected chi connectivity index (χ4v) is 4.83. The number of carbonyl (C=O) groups is 1. The van der Waals surface area contributed by atoms with Gasteiger partial charge >= 0.3 is 6.18 Å². The van der Waals surface area contributed by atoms with Crippen molar-refractivity contribution in [2.45, 2.75) is 6.18 Å². The van der Waals surface area contributed by atoms with Gasteiger partial charge in [0, 0.05) is 30.9 Å². The molecular formula is C30H22F3N5O. The SMILES string of the molecule is Cn1c(-c2cc(-c3nc4c(C(=O)Nc5ccccc5)cccc4n3C)cc(C(F)(F)F)c2)nc2ccccc21. The number of anilines is 1. The summed E-state index contributed by atoms with van der Waals surface area (Å²) in [6, 6.07) is 25.4. The number of amides is 1. The van der Waals surface area contributed by atoms with E-state index in [-0.39, 0.29) is 11.5 Å². The second-order valence-corrected chi connectivity index (χ2v) is 9.27. The molecule has 0 spiro atoms. The first-order chi connectivity index (χ1) is 18.7. The molecule has 6 nitrogen and oxygen atoms in total. The number of hydrogen-bond donors (Lipinski definition) is 1. The summed E-state index contributed by atoms with van der Waals surface area (Å²) < 4.78 is 45.6. The number of imidazole rings is 2. The molecule has 0 unspecified atom stereocenters. The lowest BCUT2D eigenvalue weighted by Gasteiger charge is -2.12. The summed E-state index contributed by atoms with van der Waals surface area (Å²) in [5.74, 6) is 0.349. The highest BCUT2D eigenvalue weighted by Crippen LogP contribution is 2.37. The summed E-state index contributed by atoms with van der Waals surface area (Å²) >= 11 is 0. The first-order valence-corrected chi connectivity index (χ1v) is 12.2. The van der Waals surface area contributed by atoms with Crippen LogP contribution in [0.15, 0.2) is 91.0 Å². The van der Waals surface area contributed by atoms with Gasteiger partial charge in [-0.2, -0.15) is 13.2 Å². The Labute approximate surface area is 221 Å². The monoisotopic (exact) mass is 525 g/mol. The summed E-state index contributed by atoms with van der Waals surface area (Å²) in [5, 5.41) is 2.85. The lowest BCUT2D eigenvalue weighted by Crippen LogP contribution is -2.12. The molecule has 6 rings (SSSR count). The molecule has 1 amide bonds. The Morgan fingerprint density at radius 2 is 1.36 bits per heavy atom. The van der Waals surface area contributed by atoms with E-state index in [1.807, 2.05) is 42.5 Å². The molecule has 6 aromatic rings. The number of halogens is 3. The van der Waals surface area contributed by atoms with Gasteiger partial charge in [0.25, 0.3) is 5.91 Å². The number of carbonyl (C=O) groups excluding carboxylic acids is 1. The van der Waals surface area contributed by atoms with Crippen LogP contribution in [0.2, 0.25) is 0 Å². The third-order valence-electron chi connectivity index (χ3n) is 6.75. The standard InChI is InChI=1S/C30H22F3N5O/c1-37-24-13-7-6-12-23(24)35-27(37)18-15-19(17-20(16-18)30(31,32)33)28-36-26-22(11-8-14-25(26)38(28)2)29(39)34-21-9-4-3-5-10-21/h3-17H,1-2H3,(H,34,39). The van der Waals surface area contributed by atoms with Crippen LogP contribution in [0.1, 0.15) is 15.9 Å². The molecule has 0 atom stereocenters. The van der Waals surface area contributed by atoms with Gasteiger partial charge in [-0.1, -0.05) is 36.4 Å². The van der Waals surface area contributed by atoms with E-state index < -0.39 is 11.7 Å². The number of nitrogens with one attached hydrogen (secondary N) is 1. The van der Waals surface area contributed by atoms with Gasteiger partial charge in [0.05, 0.1) is 27.7 Å². The first kappa shape index (κ1) is 24.4. The smallest absolute Gasteiger partial charge is 0.327 e. The summed E-state index contributed by atoms with van der Waals surface area (Å²) in [7, 11) is 3.50. The molecule has 1 N–H and O–H groups in total. The van der Waals surface area contributed by atoms with E-state index in [9.17, 15) is 18.0 Å². The number of alkyl halides is 3. The molecule has 2 aromatic heterocycles. The Balaban J connectivity index is 1.51. The molecule has 0 bridgehead atoms. The molecule has 39 heavy (non-hydrogen) atoms. The number of nitrogens with zero attached hydrogens (tertiary/aromatic N) is 4. The quantitative estimate of drug-likeness (QED) is 0.268. The van der Waals surface area contributed by atoms with Crippen molar-refractivity contribution in [3.8, 4) is 22.8 Å². The molecule has 0 aliphatic heterocycles. The van der Waals surface area contributed by atoms with Gasteiger partial charge < -0.3 is 14.5 Å². The highest BCUT2D eigenvalue weighted by atomic mass is 19.4. The third-order valence-corrected chi connectivity index (χ3v) is 6.75. The summed E-state index contributed by atoms with van der Waals surface area (Å²) in [5.41, 5.74) is 3.22. The fourth-order valence-electron chi connectivity index (χ4n) is 4.83. The van der Waals surface area contributed by atoms with E-state index in [1.165, 1.54) is 0 Å². The van der Waals surface area contributed by atoms with Crippen molar-refractivity contribution in [1.82, 2.24) is 19.1 Å². The number of aryl methyl sites for hydroxylation is 2. The van der Waals surface area contributed by atoms with Crippen molar-refractivity contribution in [1.29, 1.82) is 0 Å². The van der Waals surface area contributed by atoms with Gasteiger partial charge in [0.15, 0.2) is 0 Å². The van der Waals surface area contributed by atoms with Crippen LogP contribution >= 0.6 is 0 Å². The molecule has 0 radical (unpaired) electrons. The molecule has 2 heterocycles. The van der Waals surface area contributed by atoms with Crippen molar-refractivity contribution in [2.75, 3.05) is 5.32 Å². The van der Waals surface area contributed by atoms with Gasteiger partial charge in [0.1, 0.15) is 17.2 Å². The lowest BCUT2D eigenvalue weighted by molar-refractivity contribution is -0.137. The van der Waals surface area contributed by atoms with E-state index in [0.717, 1.165) is 17.6 Å². The zero-order valence-corrected chi connectivity index (χ0v) is 21.0. The second kappa shape index (κ2) is 9.13. The average Bonchev–Trinajstić information content (AvgIpc) is 3.45. The molecule has 194 valence electrons. The van der Waals surface area contributed by atoms with Crippen LogP contribution in [0.25, 0.3) is 44.8 Å². The van der Waals surface area contributed by atoms with Crippen LogP contribution in [0.5, 0.6) is 0 Å². The zero-order chi connectivity index (χ0) is 27.3. The minimum Gasteiger partial charge on any atom is -0.327 e. The van der Waals surface area contributed by atoms with Gasteiger partial charge in [-0.25, -0.2) is 9.97 Å². The average molecular weight is 526 g/mol. The Bertz CT molecular complexity index is 1870. The van der Waals surface area contributed by atoms with Crippen LogP contribution in [-0.4, -0.2) is 25.0 Å². The summed E-state index contributed by atoms with van der Waals surface area (Å²) in [6.07, 6.45) is -4.58. The number of aromatic nitrogens is 4. The molecule has 0 aliphatic rings. The number of rotatable bonds is 4. The van der Waals surface area contributed by atoms with E-state index in [1.54, 1.807) is 59.6 Å². The Morgan fingerprint density at radius 1 is 0.744 bits per heavy atom. The van der Waals surface area contributed by atoms with E-state index >= 15 is 0 Å². The number of para-hydroxylation sites is 4. The normalized spacial score (nSPS) is 11.8. The Kier molecular flexibility index (Phi) is 5.71. The molecule has 0 saturated heterocycles. The lowest BCUT2D eigenvalue weighted by atomic mass is 10.0. The summed E-state index contributed by atoms with van der Waals surface area (Å²) in [4.78, 5) is 22.4. The van der Waals surface area contributed by atoms with E-state index in [0.29, 0.717) is 45.0 Å². The van der Waals surface area contributed by atoms with Crippen molar-refractivity contribution in [3.05, 3.63) is 102 Å². The van der Waals surface area contributed by atoms with Crippen molar-refractivity contribution < 1.29 is 18.0 Å². The van der Waals surface area contributed by atoms with E-state index in [2.05, 4.69) is 15.3 Å². The largest absolute Gasteiger partial charge is 0.416 e. The third kappa shape index (κ3) is 4.31. The summed E-state index contributed by atoms with van der Waals surface area (Å²) in [6.45, 7) is 0. The predicted molar refractivity (Wildman–Crippen MR) is 145 cm³/mol. The van der Waals surface area contributed by atoms with Crippen LogP contribution in [0, 0.1) is 0 Å². The minimum absolute atomic E-state index is 0.264. The number of fused-ring (bicyclic) bond motifs is 2. The van der Waals surface area contributed by atoms with Crippen LogP contribution in [0.3, 0.4) is 0 Å². The number of hydrogen-bond acceptors (Lipinski definition) is 3. The van der Waals surface area contributed by atoms with Gasteiger partial charge in [0.2, 0.25) is 0 Å². The van der Waals surface area contributed by atoms with Crippen LogP contribution < -0.4 is 5.32 Å². The van der Waals surface area contributed by atoms with E-state index in [4.69, 9.17) is 0 Å². The van der Waals surface area contributed by atoms with Gasteiger partial charge in [-0.3, -0.25) is 4.79 Å². The topological polar surface area (TPSA) is 64.7 Å². The zero-order valence-electron chi connectivity index (χ0n) is 21.0. The highest BCUT2D eigenvalue weighted by Gasteiger charge is 2.32. The molecular weight excluding hydrogens is 503 g/mol. The molecule has 0 fully saturated rings. The first-order valence-electron chi connectivity index (χ1n) is 12.2. The van der Waals surface area contributed by atoms with Gasteiger partial charge in [-0.15, -0.1) is 0 Å². The Hall–Kier alpha value is -4.92. The number of benzene rings is 4. The molecule has 4 aromatic carbocycles. The molecule has 0 saturated carbocycles. The highest BCUT2D eigenvalue weighted by molar-refractivity contribution is 6.12. The van der Waals surface area contributed by atoms with Gasteiger partial charge in [-0.05, 0) is 54.6 Å². The minimum atomic E-state index is -4.58. The Morgan fingerprint density at radius 3 is 2.05 bits per heavy atom. The fraction of sp³-hybridized carbons (Fsp3) is 0.100. The predicted octanol–water partition coefficient (Wildman–Crippen LogP) is 7.07. The maximum Gasteiger partial charge on any atom is 0.416 e. The maximum absolute atomic E-state index is 14.1. The van der Waals surface area contributed by atoms with Crippen molar-refractivity contribution in [3.63, 3.8) is 0 Å². The second-order valence-electron chi connectivity index (χ2n) is 9.27. The van der Waals surface area contributed by atoms with Crippen LogP contribution in [0.4, 0.5) is 18.9 Å². The van der Waals surface area contributed by atoms with Crippen molar-refractivity contribution in [2.24, 2.45) is 14.1 Å². The van der Waals surface area contributed by atoms with Crippen molar-refractivity contribution >= 4 is 33.7 Å². The molecule has 0 aliphatic carbocycles. The molecule has 9 heteroatoms. The van der Waals surface area contributed by atoms with Crippen LogP contribution in [-0.2, 0) is 20.3 Å².